The Kier molecular flexibility index (Phi) is 3.23. The van der Waals surface area contributed by atoms with E-state index < -0.39 is 23.6 Å². The molecule has 1 unspecified atom stereocenters. The van der Waals surface area contributed by atoms with E-state index in [0.29, 0.717) is 0 Å². The second kappa shape index (κ2) is 3.70. The van der Waals surface area contributed by atoms with Crippen molar-refractivity contribution in [3.8, 4) is 0 Å². The normalized spacial score (nSPS) is 12.1. The fourth-order valence-corrected chi connectivity index (χ4v) is 0.621. The summed E-state index contributed by atoms with van der Waals surface area (Å²) in [5.74, 6) is -5.76. The largest absolute Gasteiger partial charge is 0.481 e. The summed E-state index contributed by atoms with van der Waals surface area (Å²) in [5, 5.41) is 16.4. The molecule has 0 aromatic rings. The maximum absolute atomic E-state index is 10.5. The number of carboxylic acids is 2. The van der Waals surface area contributed by atoms with E-state index in [4.69, 9.17) is 10.2 Å². The van der Waals surface area contributed by atoms with Crippen molar-refractivity contribution in [1.29, 1.82) is 0 Å². The van der Waals surface area contributed by atoms with E-state index in [2.05, 4.69) is 0 Å². The topological polar surface area (TPSA) is 91.7 Å². The number of Topliss-reactive ketones (excluding diaryl/α,β-unsaturated/α-hetero) is 1. The highest BCUT2D eigenvalue weighted by molar-refractivity contribution is 6.36. The fourth-order valence-electron chi connectivity index (χ4n) is 0.621. The number of ketones is 1. The monoisotopic (exact) mass is 160 g/mol. The van der Waals surface area contributed by atoms with Crippen LogP contribution < -0.4 is 0 Å². The van der Waals surface area contributed by atoms with E-state index in [0.717, 1.165) is 0 Å². The maximum Gasteiger partial charge on any atom is 0.373 e. The molecule has 0 radical (unpaired) electrons. The lowest BCUT2D eigenvalue weighted by Gasteiger charge is -2.02. The van der Waals surface area contributed by atoms with Crippen LogP contribution in [0.5, 0.6) is 0 Å². The standard InChI is InChI=1S/C6H8O5/c1-2-3(5(8)9)4(7)6(10)11/h3H,2H2,1H3,(H,8,9)(H,10,11). The molecule has 0 heterocycles. The van der Waals surface area contributed by atoms with Gasteiger partial charge < -0.3 is 10.2 Å². The van der Waals surface area contributed by atoms with Gasteiger partial charge in [0.25, 0.3) is 5.78 Å². The highest BCUT2D eigenvalue weighted by Gasteiger charge is 2.29. The SMILES string of the molecule is CCC(C(=O)O)C(=O)C(=O)O. The Morgan fingerprint density at radius 3 is 1.82 bits per heavy atom. The lowest BCUT2D eigenvalue weighted by molar-refractivity contribution is -0.157. The molecule has 11 heavy (non-hydrogen) atoms. The van der Waals surface area contributed by atoms with Crippen LogP contribution in [0.4, 0.5) is 0 Å². The maximum atomic E-state index is 10.5. The van der Waals surface area contributed by atoms with Gasteiger partial charge in [-0.25, -0.2) is 4.79 Å². The van der Waals surface area contributed by atoms with Crippen molar-refractivity contribution >= 4 is 17.7 Å². The number of carbonyl (C=O) groups is 3. The van der Waals surface area contributed by atoms with Crippen molar-refractivity contribution in [2.45, 2.75) is 13.3 Å². The molecule has 1 atom stereocenters. The first-order valence-corrected chi connectivity index (χ1v) is 3.00. The minimum Gasteiger partial charge on any atom is -0.481 e. The molecular formula is C6H8O5. The van der Waals surface area contributed by atoms with Gasteiger partial charge in [-0.3, -0.25) is 9.59 Å². The predicted molar refractivity (Wildman–Crippen MR) is 34.1 cm³/mol. The molecule has 62 valence electrons. The van der Waals surface area contributed by atoms with Gasteiger partial charge in [0, 0.05) is 0 Å². The van der Waals surface area contributed by atoms with Gasteiger partial charge in [0.15, 0.2) is 0 Å². The molecule has 0 aromatic carbocycles. The number of carboxylic acid groups (broad SMARTS) is 2. The fraction of sp³-hybridized carbons (Fsp3) is 0.500. The van der Waals surface area contributed by atoms with Crippen molar-refractivity contribution in [3.05, 3.63) is 0 Å². The first kappa shape index (κ1) is 9.61. The summed E-state index contributed by atoms with van der Waals surface area (Å²) in [4.78, 5) is 30.7. The van der Waals surface area contributed by atoms with Crippen molar-refractivity contribution in [3.63, 3.8) is 0 Å². The first-order valence-electron chi connectivity index (χ1n) is 3.00. The van der Waals surface area contributed by atoms with E-state index in [1.54, 1.807) is 0 Å². The van der Waals surface area contributed by atoms with Crippen molar-refractivity contribution in [2.24, 2.45) is 5.92 Å². The minimum atomic E-state index is -1.70. The summed E-state index contributed by atoms with van der Waals surface area (Å²) >= 11 is 0. The van der Waals surface area contributed by atoms with Crippen LogP contribution in [-0.2, 0) is 14.4 Å². The molecule has 0 saturated heterocycles. The average molecular weight is 160 g/mol. The van der Waals surface area contributed by atoms with Gasteiger partial charge in [-0.2, -0.15) is 0 Å². The Morgan fingerprint density at radius 1 is 1.27 bits per heavy atom. The van der Waals surface area contributed by atoms with Gasteiger partial charge in [0.2, 0.25) is 0 Å². The van der Waals surface area contributed by atoms with Crippen molar-refractivity contribution < 1.29 is 24.6 Å². The molecule has 0 bridgehead atoms. The van der Waals surface area contributed by atoms with Crippen molar-refractivity contribution in [1.82, 2.24) is 0 Å². The molecule has 0 rings (SSSR count). The number of aliphatic carboxylic acids is 2. The van der Waals surface area contributed by atoms with Gasteiger partial charge in [-0.1, -0.05) is 6.92 Å². The van der Waals surface area contributed by atoms with E-state index in [-0.39, 0.29) is 6.42 Å². The molecule has 0 aliphatic carbocycles. The predicted octanol–water partition coefficient (Wildman–Crippen LogP) is -0.249. The number of carbonyl (C=O) groups excluding carboxylic acids is 1. The summed E-state index contributed by atoms with van der Waals surface area (Å²) in [6.07, 6.45) is 0.000463. The van der Waals surface area contributed by atoms with E-state index in [1.807, 2.05) is 0 Å². The van der Waals surface area contributed by atoms with Gasteiger partial charge in [-0.15, -0.1) is 0 Å². The number of hydrogen-bond acceptors (Lipinski definition) is 3. The van der Waals surface area contributed by atoms with Crippen LogP contribution in [0.15, 0.2) is 0 Å². The zero-order chi connectivity index (χ0) is 9.02. The molecule has 0 aliphatic rings. The summed E-state index contributed by atoms with van der Waals surface area (Å²) < 4.78 is 0. The van der Waals surface area contributed by atoms with Crippen LogP contribution in [0.25, 0.3) is 0 Å². The molecule has 0 amide bonds. The highest BCUT2D eigenvalue weighted by atomic mass is 16.4. The molecule has 0 saturated carbocycles. The van der Waals surface area contributed by atoms with Crippen LogP contribution in [-0.4, -0.2) is 27.9 Å². The summed E-state index contributed by atoms with van der Waals surface area (Å²) in [5.41, 5.74) is 0. The Bertz CT molecular complexity index is 195. The second-order valence-corrected chi connectivity index (χ2v) is 1.97. The highest BCUT2D eigenvalue weighted by Crippen LogP contribution is 2.03. The lowest BCUT2D eigenvalue weighted by atomic mass is 10.0. The van der Waals surface area contributed by atoms with E-state index in [1.165, 1.54) is 6.92 Å². The first-order chi connectivity index (χ1) is 5.00. The zero-order valence-electron chi connectivity index (χ0n) is 5.90. The Labute approximate surface area is 62.6 Å². The molecule has 0 spiro atoms. The molecular weight excluding hydrogens is 152 g/mol. The number of rotatable bonds is 4. The molecule has 0 fully saturated rings. The molecule has 2 N–H and O–H groups in total. The van der Waals surface area contributed by atoms with Gasteiger partial charge >= 0.3 is 11.9 Å². The average Bonchev–Trinajstić information content (AvgIpc) is 1.88. The van der Waals surface area contributed by atoms with Gasteiger partial charge in [-0.05, 0) is 6.42 Å². The van der Waals surface area contributed by atoms with Crippen LogP contribution in [0.2, 0.25) is 0 Å². The van der Waals surface area contributed by atoms with Crippen molar-refractivity contribution in [2.75, 3.05) is 0 Å². The summed E-state index contributed by atoms with van der Waals surface area (Å²) in [7, 11) is 0. The van der Waals surface area contributed by atoms with Gasteiger partial charge in [0.1, 0.15) is 5.92 Å². The quantitative estimate of drug-likeness (QED) is 0.437. The lowest BCUT2D eigenvalue weighted by Crippen LogP contribution is -2.29. The van der Waals surface area contributed by atoms with E-state index >= 15 is 0 Å². The Morgan fingerprint density at radius 2 is 1.73 bits per heavy atom. The second-order valence-electron chi connectivity index (χ2n) is 1.97. The third-order valence-corrected chi connectivity index (χ3v) is 1.23. The molecule has 0 aliphatic heterocycles. The molecule has 5 nitrogen and oxygen atoms in total. The minimum absolute atomic E-state index is 0.000463. The Hall–Kier alpha value is -1.39. The summed E-state index contributed by atoms with van der Waals surface area (Å²) in [6.45, 7) is 1.44. The van der Waals surface area contributed by atoms with Crippen LogP contribution in [0.3, 0.4) is 0 Å². The third kappa shape index (κ3) is 2.37. The molecule has 0 aromatic heterocycles. The Balaban J connectivity index is 4.39. The zero-order valence-corrected chi connectivity index (χ0v) is 5.90. The smallest absolute Gasteiger partial charge is 0.373 e. The molecule has 5 heteroatoms. The van der Waals surface area contributed by atoms with E-state index in [9.17, 15) is 14.4 Å². The number of hydrogen-bond donors (Lipinski definition) is 2. The van der Waals surface area contributed by atoms with Crippen LogP contribution in [0.1, 0.15) is 13.3 Å². The van der Waals surface area contributed by atoms with Crippen LogP contribution >= 0.6 is 0 Å². The van der Waals surface area contributed by atoms with Gasteiger partial charge in [0.05, 0.1) is 0 Å². The summed E-state index contributed by atoms with van der Waals surface area (Å²) in [6, 6.07) is 0. The van der Waals surface area contributed by atoms with Crippen LogP contribution in [0, 0.1) is 5.92 Å². The third-order valence-electron chi connectivity index (χ3n) is 1.23.